The van der Waals surface area contributed by atoms with E-state index in [2.05, 4.69) is 21.3 Å². The van der Waals surface area contributed by atoms with E-state index >= 15 is 0 Å². The first-order chi connectivity index (χ1) is 44.5. The molecular formula is C68H88N6O20. The number of primary amides is 2. The van der Waals surface area contributed by atoms with E-state index < -0.39 is 132 Å². The van der Waals surface area contributed by atoms with Crippen LogP contribution in [-0.2, 0) is 66.7 Å². The van der Waals surface area contributed by atoms with Crippen LogP contribution in [0, 0.1) is 23.7 Å². The van der Waals surface area contributed by atoms with Gasteiger partial charge in [-0.2, -0.15) is 0 Å². The number of Topliss-reactive ketones (excluding diaryl/α,β-unsaturated/α-hetero) is 2. The molecule has 0 saturated heterocycles. The van der Waals surface area contributed by atoms with Gasteiger partial charge in [0.15, 0.2) is 12.2 Å². The smallest absolute Gasteiger partial charge is 0.405 e. The van der Waals surface area contributed by atoms with Crippen LogP contribution in [-0.4, -0.2) is 173 Å². The molecule has 26 heteroatoms. The second-order valence-electron chi connectivity index (χ2n) is 23.6. The van der Waals surface area contributed by atoms with Crippen molar-refractivity contribution >= 4 is 59.1 Å². The van der Waals surface area contributed by atoms with E-state index in [1.54, 1.807) is 53.7 Å². The molecule has 1 aromatic carbocycles. The van der Waals surface area contributed by atoms with Gasteiger partial charge in [-0.3, -0.25) is 28.8 Å². The molecule has 0 fully saturated rings. The highest BCUT2D eigenvalue weighted by Crippen LogP contribution is 2.32. The Kier molecular flexibility index (Phi) is 29.0. The summed E-state index contributed by atoms with van der Waals surface area (Å²) in [6.07, 6.45) is 5.04. The predicted molar refractivity (Wildman–Crippen MR) is 342 cm³/mol. The molecule has 4 bridgehead atoms. The number of aliphatic hydroxyl groups is 2. The molecule has 26 nitrogen and oxygen atoms in total. The zero-order valence-electron chi connectivity index (χ0n) is 55.1. The van der Waals surface area contributed by atoms with E-state index in [1.807, 2.05) is 0 Å². The number of nitrogens with two attached hydrogens (primary N) is 2. The van der Waals surface area contributed by atoms with Gasteiger partial charge in [-0.05, 0) is 101 Å². The number of hydrogen-bond acceptors (Lipinski definition) is 22. The summed E-state index contributed by atoms with van der Waals surface area (Å²) in [6.45, 7) is 12.6. The minimum absolute atomic E-state index is 0.0138. The fourth-order valence-electron chi connectivity index (χ4n) is 11.1. The van der Waals surface area contributed by atoms with Gasteiger partial charge in [-0.15, -0.1) is 0 Å². The molecule has 2 aliphatic heterocycles. The molecule has 12 unspecified atom stereocenters. The maximum absolute atomic E-state index is 14.2. The topological polar surface area (TPSA) is 385 Å². The van der Waals surface area contributed by atoms with E-state index in [-0.39, 0.29) is 108 Å². The summed E-state index contributed by atoms with van der Waals surface area (Å²) in [5.74, 6) is -7.51. The van der Waals surface area contributed by atoms with Crippen molar-refractivity contribution in [2.45, 2.75) is 130 Å². The van der Waals surface area contributed by atoms with Gasteiger partial charge < -0.3 is 80.8 Å². The third kappa shape index (κ3) is 21.0. The van der Waals surface area contributed by atoms with Crippen LogP contribution in [0.4, 0.5) is 9.59 Å². The van der Waals surface area contributed by atoms with E-state index in [0.29, 0.717) is 11.1 Å². The second-order valence-corrected chi connectivity index (χ2v) is 23.6. The maximum Gasteiger partial charge on any atom is 0.405 e. The zero-order valence-corrected chi connectivity index (χ0v) is 55.1. The van der Waals surface area contributed by atoms with Gasteiger partial charge in [-0.25, -0.2) is 19.2 Å². The highest BCUT2D eigenvalue weighted by Gasteiger charge is 2.37. The Morgan fingerprint density at radius 3 is 1.22 bits per heavy atom. The van der Waals surface area contributed by atoms with Gasteiger partial charge >= 0.3 is 24.1 Å². The van der Waals surface area contributed by atoms with E-state index in [9.17, 15) is 58.2 Å². The van der Waals surface area contributed by atoms with Crippen LogP contribution in [0.25, 0.3) is 0 Å². The third-order valence-electron chi connectivity index (χ3n) is 16.2. The number of rotatable bonds is 16. The van der Waals surface area contributed by atoms with Crippen molar-refractivity contribution in [3.8, 4) is 0 Å². The lowest BCUT2D eigenvalue weighted by Gasteiger charge is -2.30. The molecule has 0 radical (unpaired) electrons. The standard InChI is InChI=1S/C68H88N6O20/c1-35-27-45-55(49(75)33-47(59(45)79)73-63(81)37(3)15-13-17-51(87-9)61(93-67(69)85)41(7)31-39(5)57(77)53(29-35)89-11)71-23-25-91-65(83)43-19-21-44(22-20-43)66(84)92-26-24-72-56-46-28-36(2)30-54(90-12)58(78)40(6)32-42(8)62(94-68(70)86)52(88-10)18-14-16-38(4)64(82)74-48(60(46)80)34-50(56)76/h13-22,31-36,39-40,51-54,57-58,61-62,71-72,77-78H,23-30H2,1-12H3,(H2,69,85)(H2,70,86)(H,73,81)(H,74,82)/b17-13-,18-14-,37-15+,38-16+,41-31+,42-32+. The zero-order chi connectivity index (χ0) is 69.7. The Morgan fingerprint density at radius 1 is 0.553 bits per heavy atom. The van der Waals surface area contributed by atoms with Crippen molar-refractivity contribution in [3.63, 3.8) is 0 Å². The summed E-state index contributed by atoms with van der Waals surface area (Å²) >= 11 is 0. The quantitative estimate of drug-likeness (QED) is 0.0364. The molecule has 2 aliphatic carbocycles. The Morgan fingerprint density at radius 2 is 0.904 bits per heavy atom. The minimum atomic E-state index is -1.10. The summed E-state index contributed by atoms with van der Waals surface area (Å²) in [6, 6.07) is 5.34. The SMILES string of the molecule is COC1/C=C\C=C(/C)C(=O)NC2=CC(=O)C(NCCOC(=O)c3ccc(C(=O)OCCNC4=C5CC(C)CC(OC)C(O)C(C)/C=C(\C)C(OC(N)=O)C(OC)/C=C\C=C(/C)C(=O)NC(=CC4=O)C5=O)cc3)=C(CC(C)CC(OC)C(O)C(C)/C=C(\C)C1OC(N)=O)C2=O. The van der Waals surface area contributed by atoms with Crippen molar-refractivity contribution in [2.75, 3.05) is 54.7 Å². The number of carbonyl (C=O) groups excluding carboxylic acids is 10. The van der Waals surface area contributed by atoms with Crippen molar-refractivity contribution in [3.05, 3.63) is 152 Å². The number of benzene rings is 1. The molecule has 12 atom stereocenters. The number of aliphatic hydroxyl groups excluding tert-OH is 2. The Labute approximate surface area is 546 Å². The number of esters is 2. The van der Waals surface area contributed by atoms with Crippen molar-refractivity contribution < 1.29 is 96.1 Å². The van der Waals surface area contributed by atoms with E-state index in [4.69, 9.17) is 49.4 Å². The van der Waals surface area contributed by atoms with Gasteiger partial charge in [-0.1, -0.05) is 76.3 Å². The number of amides is 4. The van der Waals surface area contributed by atoms with Gasteiger partial charge in [0.25, 0.3) is 11.8 Å². The largest absolute Gasteiger partial charge is 0.460 e. The summed E-state index contributed by atoms with van der Waals surface area (Å²) in [5.41, 5.74) is 11.6. The van der Waals surface area contributed by atoms with Gasteiger partial charge in [0, 0.05) is 87.8 Å². The van der Waals surface area contributed by atoms with Crippen LogP contribution in [0.5, 0.6) is 0 Å². The number of methoxy groups -OCH3 is 4. The number of ketones is 4. The first-order valence-electron chi connectivity index (χ1n) is 30.6. The number of ether oxygens (including phenoxy) is 8. The van der Waals surface area contributed by atoms with E-state index in [1.165, 1.54) is 103 Å². The first kappa shape index (κ1) is 75.8. The molecule has 0 saturated carbocycles. The van der Waals surface area contributed by atoms with Gasteiger partial charge in [0.1, 0.15) is 25.4 Å². The maximum atomic E-state index is 14.2. The number of carbonyl (C=O) groups is 10. The van der Waals surface area contributed by atoms with Crippen LogP contribution in [0.2, 0.25) is 0 Å². The molecule has 4 amide bonds. The number of allylic oxidation sites excluding steroid dienone is 8. The van der Waals surface area contributed by atoms with E-state index in [0.717, 1.165) is 12.2 Å². The lowest BCUT2D eigenvalue weighted by Crippen LogP contribution is -2.38. The average molecular weight is 1310 g/mol. The molecule has 10 N–H and O–H groups in total. The minimum Gasteiger partial charge on any atom is -0.460 e. The normalized spacial score (nSPS) is 29.6. The molecule has 0 spiro atoms. The third-order valence-corrected chi connectivity index (χ3v) is 16.2. The average Bonchev–Trinajstić information content (AvgIpc) is 0.861. The number of nitrogens with one attached hydrogen (secondary N) is 4. The second kappa shape index (κ2) is 35.9. The molecule has 510 valence electrons. The lowest BCUT2D eigenvalue weighted by molar-refractivity contribution is -0.120. The van der Waals surface area contributed by atoms with Crippen molar-refractivity contribution in [1.82, 2.24) is 21.3 Å². The fraction of sp³-hybridized carbons (Fsp3) is 0.471. The Balaban J connectivity index is 1.25. The van der Waals surface area contributed by atoms with Crippen molar-refractivity contribution in [1.29, 1.82) is 0 Å². The van der Waals surface area contributed by atoms with Crippen LogP contribution in [0.15, 0.2) is 141 Å². The van der Waals surface area contributed by atoms with Gasteiger partial charge in [0.2, 0.25) is 23.1 Å². The van der Waals surface area contributed by atoms with Crippen LogP contribution < -0.4 is 32.7 Å². The molecule has 94 heavy (non-hydrogen) atoms. The lowest BCUT2D eigenvalue weighted by atomic mass is 9.85. The summed E-state index contributed by atoms with van der Waals surface area (Å²) in [4.78, 5) is 133. The Bertz CT molecular complexity index is 3130. The summed E-state index contributed by atoms with van der Waals surface area (Å²) in [7, 11) is 5.63. The van der Waals surface area contributed by atoms with Crippen molar-refractivity contribution in [2.24, 2.45) is 35.1 Å². The number of hydrogen-bond donors (Lipinski definition) is 8. The molecule has 0 aromatic heterocycles. The molecule has 4 aliphatic rings. The summed E-state index contributed by atoms with van der Waals surface area (Å²) in [5, 5.41) is 34.1. The fourth-order valence-corrected chi connectivity index (χ4v) is 11.1. The molecule has 5 rings (SSSR count). The Hall–Kier alpha value is -8.92. The van der Waals surface area contributed by atoms with Crippen LogP contribution in [0.1, 0.15) is 102 Å². The monoisotopic (exact) mass is 1310 g/mol. The van der Waals surface area contributed by atoms with Crippen LogP contribution in [0.3, 0.4) is 0 Å². The first-order valence-corrected chi connectivity index (χ1v) is 30.6. The molecule has 2 heterocycles. The summed E-state index contributed by atoms with van der Waals surface area (Å²) < 4.78 is 44.5. The highest BCUT2D eigenvalue weighted by atomic mass is 16.6. The number of fused-ring (bicyclic) bond motifs is 4. The molecular weight excluding hydrogens is 1220 g/mol. The highest BCUT2D eigenvalue weighted by molar-refractivity contribution is 6.24. The van der Waals surface area contributed by atoms with Gasteiger partial charge in [0.05, 0.1) is 58.3 Å². The van der Waals surface area contributed by atoms with Crippen LogP contribution >= 0.6 is 0 Å². The molecule has 1 aromatic rings. The predicted octanol–water partition coefficient (Wildman–Crippen LogP) is 4.73.